The van der Waals surface area contributed by atoms with Crippen molar-refractivity contribution in [3.63, 3.8) is 0 Å². The molecule has 2 saturated heterocycles. The van der Waals surface area contributed by atoms with E-state index in [2.05, 4.69) is 12.1 Å². The number of nitrogens with zero attached hydrogens (tertiary/aromatic N) is 2. The minimum absolute atomic E-state index is 0.0335. The first-order chi connectivity index (χ1) is 16.0. The Balaban J connectivity index is 1.44. The number of rotatable bonds is 8. The zero-order chi connectivity index (χ0) is 23.4. The first-order valence-corrected chi connectivity index (χ1v) is 12.4. The fraction of sp³-hybridized carbons (Fsp3) is 0.615. The standard InChI is InChI=1S/C26H34N2O5/c1-2-33-26(32)24(30)21-14-8-16-27(21)25(31)22-17-19-12-7-13-20(19)28(22)23(29)15-6-11-18-9-4-3-5-10-18/h3-5,9-10,19-22H,2,6-8,11-17H2,1H3/t19-,20-,21-,22-/m0/s1. The zero-order valence-corrected chi connectivity index (χ0v) is 19.4. The molecular formula is C26H34N2O5. The number of hydrogen-bond acceptors (Lipinski definition) is 5. The van der Waals surface area contributed by atoms with Crippen LogP contribution in [-0.2, 0) is 30.3 Å². The molecule has 7 heteroatoms. The first kappa shape index (κ1) is 23.5. The SMILES string of the molecule is CCOC(=O)C(=O)[C@@H]1CCCN1C(=O)[C@@H]1C[C@@H]2CCC[C@@H]2N1C(=O)CCCc1ccccc1. The average Bonchev–Trinajstić information content (AvgIpc) is 3.54. The Hall–Kier alpha value is -2.70. The highest BCUT2D eigenvalue weighted by atomic mass is 16.5. The Kier molecular flexibility index (Phi) is 7.46. The second-order valence-electron chi connectivity index (χ2n) is 9.42. The van der Waals surface area contributed by atoms with E-state index in [1.165, 1.54) is 10.5 Å². The highest BCUT2D eigenvalue weighted by molar-refractivity contribution is 6.36. The summed E-state index contributed by atoms with van der Waals surface area (Å²) in [6.07, 6.45) is 6.83. The van der Waals surface area contributed by atoms with Gasteiger partial charge >= 0.3 is 5.97 Å². The van der Waals surface area contributed by atoms with Gasteiger partial charge in [0, 0.05) is 19.0 Å². The second kappa shape index (κ2) is 10.5. The van der Waals surface area contributed by atoms with Crippen molar-refractivity contribution in [1.29, 1.82) is 0 Å². The normalized spacial score (nSPS) is 26.3. The van der Waals surface area contributed by atoms with Gasteiger partial charge in [-0.2, -0.15) is 0 Å². The van der Waals surface area contributed by atoms with Crippen LogP contribution < -0.4 is 0 Å². The lowest BCUT2D eigenvalue weighted by Crippen LogP contribution is -2.53. The summed E-state index contributed by atoms with van der Waals surface area (Å²) in [6, 6.07) is 8.92. The van der Waals surface area contributed by atoms with Crippen LogP contribution in [0.15, 0.2) is 30.3 Å². The minimum atomic E-state index is -0.876. The van der Waals surface area contributed by atoms with Gasteiger partial charge in [-0.1, -0.05) is 36.8 Å². The van der Waals surface area contributed by atoms with E-state index in [0.29, 0.717) is 38.1 Å². The van der Waals surface area contributed by atoms with Crippen molar-refractivity contribution in [2.75, 3.05) is 13.2 Å². The molecule has 2 aliphatic heterocycles. The Labute approximate surface area is 195 Å². The van der Waals surface area contributed by atoms with Gasteiger partial charge in [0.2, 0.25) is 11.8 Å². The van der Waals surface area contributed by atoms with Crippen molar-refractivity contribution in [2.45, 2.75) is 82.8 Å². The van der Waals surface area contributed by atoms with Gasteiger partial charge in [0.15, 0.2) is 0 Å². The van der Waals surface area contributed by atoms with E-state index >= 15 is 0 Å². The third kappa shape index (κ3) is 4.97. The van der Waals surface area contributed by atoms with Gasteiger partial charge in [-0.15, -0.1) is 0 Å². The molecule has 0 spiro atoms. The summed E-state index contributed by atoms with van der Waals surface area (Å²) in [7, 11) is 0. The fourth-order valence-electron chi connectivity index (χ4n) is 5.92. The molecule has 4 rings (SSSR count). The number of fused-ring (bicyclic) bond motifs is 1. The number of hydrogen-bond donors (Lipinski definition) is 0. The molecule has 1 aliphatic carbocycles. The first-order valence-electron chi connectivity index (χ1n) is 12.4. The van der Waals surface area contributed by atoms with E-state index in [-0.39, 0.29) is 24.5 Å². The monoisotopic (exact) mass is 454 g/mol. The smallest absolute Gasteiger partial charge is 0.376 e. The van der Waals surface area contributed by atoms with Gasteiger partial charge in [0.1, 0.15) is 12.1 Å². The van der Waals surface area contributed by atoms with Gasteiger partial charge in [-0.25, -0.2) is 4.79 Å². The number of amides is 2. The van der Waals surface area contributed by atoms with E-state index in [1.54, 1.807) is 6.92 Å². The largest absolute Gasteiger partial charge is 0.460 e. The third-order valence-corrected chi connectivity index (χ3v) is 7.43. The predicted octanol–water partition coefficient (Wildman–Crippen LogP) is 2.90. The van der Waals surface area contributed by atoms with Crippen molar-refractivity contribution in [3.05, 3.63) is 35.9 Å². The molecule has 3 fully saturated rings. The van der Waals surface area contributed by atoms with Crippen LogP contribution >= 0.6 is 0 Å². The van der Waals surface area contributed by atoms with Gasteiger partial charge in [-0.3, -0.25) is 14.4 Å². The molecule has 0 aromatic heterocycles. The molecule has 7 nitrogen and oxygen atoms in total. The van der Waals surface area contributed by atoms with Crippen LogP contribution in [0.2, 0.25) is 0 Å². The molecule has 2 amide bonds. The maximum atomic E-state index is 13.6. The molecule has 1 aromatic rings. The van der Waals surface area contributed by atoms with Crippen LogP contribution in [0.1, 0.15) is 63.9 Å². The molecule has 4 atom stereocenters. The number of ether oxygens (including phenoxy) is 1. The summed E-state index contributed by atoms with van der Waals surface area (Å²) < 4.78 is 4.88. The molecule has 0 bridgehead atoms. The zero-order valence-electron chi connectivity index (χ0n) is 19.4. The van der Waals surface area contributed by atoms with Gasteiger partial charge in [0.25, 0.3) is 5.78 Å². The molecule has 1 aromatic carbocycles. The van der Waals surface area contributed by atoms with Crippen LogP contribution in [0.25, 0.3) is 0 Å². The molecule has 178 valence electrons. The quantitative estimate of drug-likeness (QED) is 0.446. The number of benzene rings is 1. The van der Waals surface area contributed by atoms with E-state index in [1.807, 2.05) is 23.1 Å². The van der Waals surface area contributed by atoms with Crippen molar-refractivity contribution in [3.8, 4) is 0 Å². The Morgan fingerprint density at radius 3 is 2.55 bits per heavy atom. The van der Waals surface area contributed by atoms with Crippen LogP contribution in [-0.4, -0.2) is 64.6 Å². The summed E-state index contributed by atoms with van der Waals surface area (Å²) in [5, 5.41) is 0. The Morgan fingerprint density at radius 2 is 1.79 bits per heavy atom. The lowest BCUT2D eigenvalue weighted by atomic mass is 10.0. The number of carbonyl (C=O) groups excluding carboxylic acids is 4. The number of Topliss-reactive ketones (excluding diaryl/α,β-unsaturated/α-hetero) is 1. The van der Waals surface area contributed by atoms with Crippen molar-refractivity contribution < 1.29 is 23.9 Å². The minimum Gasteiger partial charge on any atom is -0.460 e. The summed E-state index contributed by atoms with van der Waals surface area (Å²) >= 11 is 0. The van der Waals surface area contributed by atoms with Gasteiger partial charge < -0.3 is 14.5 Å². The lowest BCUT2D eigenvalue weighted by molar-refractivity contribution is -0.157. The van der Waals surface area contributed by atoms with Crippen LogP contribution in [0.5, 0.6) is 0 Å². The van der Waals surface area contributed by atoms with E-state index in [4.69, 9.17) is 4.74 Å². The molecule has 0 N–H and O–H groups in total. The molecule has 1 saturated carbocycles. The molecule has 0 radical (unpaired) electrons. The Bertz CT molecular complexity index is 886. The van der Waals surface area contributed by atoms with E-state index in [9.17, 15) is 19.2 Å². The van der Waals surface area contributed by atoms with Crippen LogP contribution in [0.4, 0.5) is 0 Å². The van der Waals surface area contributed by atoms with Crippen LogP contribution in [0.3, 0.4) is 0 Å². The van der Waals surface area contributed by atoms with Crippen molar-refractivity contribution in [1.82, 2.24) is 9.80 Å². The highest BCUT2D eigenvalue weighted by Crippen LogP contribution is 2.42. The molecular weight excluding hydrogens is 420 g/mol. The van der Waals surface area contributed by atoms with E-state index in [0.717, 1.165) is 32.1 Å². The van der Waals surface area contributed by atoms with Crippen LogP contribution in [0, 0.1) is 5.92 Å². The highest BCUT2D eigenvalue weighted by Gasteiger charge is 2.51. The molecule has 2 heterocycles. The lowest BCUT2D eigenvalue weighted by Gasteiger charge is -2.33. The summed E-state index contributed by atoms with van der Waals surface area (Å²) in [4.78, 5) is 54.9. The number of aryl methyl sites for hydroxylation is 1. The van der Waals surface area contributed by atoms with Crippen molar-refractivity contribution >= 4 is 23.6 Å². The summed E-state index contributed by atoms with van der Waals surface area (Å²) in [5.74, 6) is -1.33. The fourth-order valence-corrected chi connectivity index (χ4v) is 5.92. The molecule has 0 unspecified atom stereocenters. The number of ketones is 1. The molecule has 3 aliphatic rings. The molecule has 33 heavy (non-hydrogen) atoms. The van der Waals surface area contributed by atoms with E-state index < -0.39 is 23.8 Å². The topological polar surface area (TPSA) is 84.0 Å². The van der Waals surface area contributed by atoms with Gasteiger partial charge in [-0.05, 0) is 63.4 Å². The maximum Gasteiger partial charge on any atom is 0.376 e. The maximum absolute atomic E-state index is 13.6. The number of esters is 1. The predicted molar refractivity (Wildman–Crippen MR) is 122 cm³/mol. The van der Waals surface area contributed by atoms with Gasteiger partial charge in [0.05, 0.1) is 6.61 Å². The summed E-state index contributed by atoms with van der Waals surface area (Å²) in [6.45, 7) is 2.22. The second-order valence-corrected chi connectivity index (χ2v) is 9.42. The summed E-state index contributed by atoms with van der Waals surface area (Å²) in [5.41, 5.74) is 1.20. The number of likely N-dealkylation sites (tertiary alicyclic amines) is 2. The average molecular weight is 455 g/mol. The van der Waals surface area contributed by atoms with Crippen molar-refractivity contribution in [2.24, 2.45) is 5.92 Å². The third-order valence-electron chi connectivity index (χ3n) is 7.43. The number of carbonyl (C=O) groups is 4. The Morgan fingerprint density at radius 1 is 1.00 bits per heavy atom.